The van der Waals surface area contributed by atoms with Gasteiger partial charge < -0.3 is 0 Å². The molecule has 0 aliphatic heterocycles. The van der Waals surface area contributed by atoms with Crippen molar-refractivity contribution in [3.8, 4) is 22.6 Å². The molecule has 0 atom stereocenters. The molecule has 4 aromatic rings. The number of fused-ring (bicyclic) bond motifs is 1. The summed E-state index contributed by atoms with van der Waals surface area (Å²) in [6, 6.07) is 9.17. The number of aromatic nitrogens is 5. The third kappa shape index (κ3) is 2.72. The van der Waals surface area contributed by atoms with Crippen molar-refractivity contribution in [2.24, 2.45) is 7.05 Å². The predicted octanol–water partition coefficient (Wildman–Crippen LogP) is 4.40. The van der Waals surface area contributed by atoms with Crippen LogP contribution in [-0.2, 0) is 7.05 Å². The lowest BCUT2D eigenvalue weighted by Crippen LogP contribution is -1.96. The van der Waals surface area contributed by atoms with E-state index in [1.165, 1.54) is 0 Å². The minimum absolute atomic E-state index is 0.528. The number of hydrogen-bond donors (Lipinski definition) is 0. The van der Waals surface area contributed by atoms with E-state index < -0.39 is 0 Å². The Labute approximate surface area is 147 Å². The van der Waals surface area contributed by atoms with Crippen LogP contribution in [0.4, 0.5) is 0 Å². The molecule has 7 heteroatoms. The van der Waals surface area contributed by atoms with E-state index in [4.69, 9.17) is 28.2 Å². The van der Waals surface area contributed by atoms with Gasteiger partial charge in [0, 0.05) is 35.6 Å². The van der Waals surface area contributed by atoms with Gasteiger partial charge in [-0.1, -0.05) is 23.2 Å². The first-order valence-electron chi connectivity index (χ1n) is 7.18. The first-order valence-corrected chi connectivity index (χ1v) is 7.94. The average Bonchev–Trinajstić information content (AvgIpc) is 3.00. The molecular weight excluding hydrogens is 345 g/mol. The standard InChI is InChI=1S/C17H11Cl2N5/c1-24-9-11(7-21-24)15-16-14(6-13(19)8-20-16)22-17(23-15)10-2-4-12(18)5-3-10/h2-9H,1H3. The number of benzene rings is 1. The van der Waals surface area contributed by atoms with E-state index >= 15 is 0 Å². The number of halogens is 2. The van der Waals surface area contributed by atoms with Crippen molar-refractivity contribution >= 4 is 34.2 Å². The number of hydrogen-bond acceptors (Lipinski definition) is 4. The van der Waals surface area contributed by atoms with E-state index in [0.29, 0.717) is 26.9 Å². The number of aryl methyl sites for hydroxylation is 1. The van der Waals surface area contributed by atoms with Crippen LogP contribution in [0.3, 0.4) is 0 Å². The molecule has 24 heavy (non-hydrogen) atoms. The minimum Gasteiger partial charge on any atom is -0.275 e. The predicted molar refractivity (Wildman–Crippen MR) is 95.0 cm³/mol. The van der Waals surface area contributed by atoms with E-state index in [0.717, 1.165) is 16.8 Å². The fourth-order valence-corrected chi connectivity index (χ4v) is 2.75. The average molecular weight is 356 g/mol. The maximum Gasteiger partial charge on any atom is 0.160 e. The van der Waals surface area contributed by atoms with Gasteiger partial charge in [-0.05, 0) is 30.3 Å². The maximum atomic E-state index is 6.08. The molecule has 0 spiro atoms. The molecule has 0 bridgehead atoms. The van der Waals surface area contributed by atoms with Gasteiger partial charge in [0.1, 0.15) is 11.2 Å². The highest BCUT2D eigenvalue weighted by Crippen LogP contribution is 2.29. The summed E-state index contributed by atoms with van der Waals surface area (Å²) in [4.78, 5) is 13.7. The van der Waals surface area contributed by atoms with Gasteiger partial charge in [0.05, 0.1) is 16.7 Å². The zero-order valence-corrected chi connectivity index (χ0v) is 14.1. The lowest BCUT2D eigenvalue weighted by molar-refractivity contribution is 0.768. The van der Waals surface area contributed by atoms with Gasteiger partial charge in [-0.3, -0.25) is 9.67 Å². The minimum atomic E-state index is 0.528. The first-order chi connectivity index (χ1) is 11.6. The van der Waals surface area contributed by atoms with Crippen LogP contribution in [0.2, 0.25) is 10.0 Å². The molecule has 0 aliphatic carbocycles. The summed E-state index contributed by atoms with van der Waals surface area (Å²) >= 11 is 12.0. The highest BCUT2D eigenvalue weighted by molar-refractivity contribution is 6.31. The molecule has 3 aromatic heterocycles. The largest absolute Gasteiger partial charge is 0.275 e. The molecule has 0 N–H and O–H groups in total. The van der Waals surface area contributed by atoms with Crippen molar-refractivity contribution < 1.29 is 0 Å². The maximum absolute atomic E-state index is 6.08. The molecule has 0 fully saturated rings. The summed E-state index contributed by atoms with van der Waals surface area (Å²) in [5.74, 6) is 0.585. The summed E-state index contributed by atoms with van der Waals surface area (Å²) in [7, 11) is 1.86. The Balaban J connectivity index is 2.00. The quantitative estimate of drug-likeness (QED) is 0.534. The second-order valence-electron chi connectivity index (χ2n) is 5.33. The monoisotopic (exact) mass is 355 g/mol. The smallest absolute Gasteiger partial charge is 0.160 e. The van der Waals surface area contributed by atoms with Gasteiger partial charge in [0.25, 0.3) is 0 Å². The molecule has 0 aliphatic rings. The van der Waals surface area contributed by atoms with Crippen LogP contribution < -0.4 is 0 Å². The summed E-state index contributed by atoms with van der Waals surface area (Å²) in [6.45, 7) is 0. The Morgan fingerprint density at radius 1 is 0.917 bits per heavy atom. The molecule has 5 nitrogen and oxygen atoms in total. The molecule has 0 saturated heterocycles. The van der Waals surface area contributed by atoms with E-state index in [9.17, 15) is 0 Å². The number of nitrogens with zero attached hydrogens (tertiary/aromatic N) is 5. The SMILES string of the molecule is Cn1cc(-c2nc(-c3ccc(Cl)cc3)nc3cc(Cl)cnc23)cn1. The van der Waals surface area contributed by atoms with Crippen LogP contribution in [0, 0.1) is 0 Å². The molecule has 1 aromatic carbocycles. The van der Waals surface area contributed by atoms with Crippen LogP contribution in [0.25, 0.3) is 33.7 Å². The molecule has 118 valence electrons. The fraction of sp³-hybridized carbons (Fsp3) is 0.0588. The Morgan fingerprint density at radius 2 is 1.71 bits per heavy atom. The van der Waals surface area contributed by atoms with Crippen LogP contribution in [0.15, 0.2) is 48.9 Å². The summed E-state index contributed by atoms with van der Waals surface area (Å²) in [6.07, 6.45) is 5.24. The van der Waals surface area contributed by atoms with E-state index in [2.05, 4.69) is 15.1 Å². The molecular formula is C17H11Cl2N5. The van der Waals surface area contributed by atoms with Crippen molar-refractivity contribution in [3.63, 3.8) is 0 Å². The van der Waals surface area contributed by atoms with E-state index in [-0.39, 0.29) is 0 Å². The highest BCUT2D eigenvalue weighted by atomic mass is 35.5. The summed E-state index contributed by atoms with van der Waals surface area (Å²) < 4.78 is 1.72. The van der Waals surface area contributed by atoms with Crippen molar-refractivity contribution in [1.82, 2.24) is 24.7 Å². The molecule has 3 heterocycles. The molecule has 0 unspecified atom stereocenters. The third-order valence-electron chi connectivity index (χ3n) is 3.58. The Bertz CT molecular complexity index is 1040. The topological polar surface area (TPSA) is 56.5 Å². The van der Waals surface area contributed by atoms with Crippen molar-refractivity contribution in [1.29, 1.82) is 0 Å². The Morgan fingerprint density at radius 3 is 2.42 bits per heavy atom. The number of pyridine rings is 1. The van der Waals surface area contributed by atoms with Crippen LogP contribution in [0.1, 0.15) is 0 Å². The second kappa shape index (κ2) is 5.85. The lowest BCUT2D eigenvalue weighted by atomic mass is 10.1. The van der Waals surface area contributed by atoms with Gasteiger partial charge in [0.2, 0.25) is 0 Å². The van der Waals surface area contributed by atoms with Gasteiger partial charge in [-0.15, -0.1) is 0 Å². The van der Waals surface area contributed by atoms with Crippen molar-refractivity contribution in [3.05, 3.63) is 59.0 Å². The molecule has 0 saturated carbocycles. The zero-order chi connectivity index (χ0) is 16.7. The van der Waals surface area contributed by atoms with E-state index in [1.807, 2.05) is 37.5 Å². The fourth-order valence-electron chi connectivity index (χ4n) is 2.47. The second-order valence-corrected chi connectivity index (χ2v) is 6.20. The van der Waals surface area contributed by atoms with Crippen LogP contribution in [-0.4, -0.2) is 24.7 Å². The summed E-state index contributed by atoms with van der Waals surface area (Å²) in [5, 5.41) is 5.41. The van der Waals surface area contributed by atoms with Crippen LogP contribution in [0.5, 0.6) is 0 Å². The first kappa shape index (κ1) is 15.1. The normalized spacial score (nSPS) is 11.1. The van der Waals surface area contributed by atoms with Crippen molar-refractivity contribution in [2.75, 3.05) is 0 Å². The van der Waals surface area contributed by atoms with Gasteiger partial charge >= 0.3 is 0 Å². The summed E-state index contributed by atoms with van der Waals surface area (Å²) in [5.41, 5.74) is 3.82. The van der Waals surface area contributed by atoms with E-state index in [1.54, 1.807) is 23.1 Å². The third-order valence-corrected chi connectivity index (χ3v) is 4.04. The molecule has 0 radical (unpaired) electrons. The molecule has 0 amide bonds. The Hall–Kier alpha value is -2.50. The lowest BCUT2D eigenvalue weighted by Gasteiger charge is -2.07. The van der Waals surface area contributed by atoms with Gasteiger partial charge in [-0.25, -0.2) is 9.97 Å². The zero-order valence-electron chi connectivity index (χ0n) is 12.6. The van der Waals surface area contributed by atoms with Crippen LogP contribution >= 0.6 is 23.2 Å². The highest BCUT2D eigenvalue weighted by Gasteiger charge is 2.14. The number of rotatable bonds is 2. The van der Waals surface area contributed by atoms with Crippen molar-refractivity contribution in [2.45, 2.75) is 0 Å². The Kier molecular flexibility index (Phi) is 3.67. The van der Waals surface area contributed by atoms with Gasteiger partial charge in [-0.2, -0.15) is 5.10 Å². The van der Waals surface area contributed by atoms with Gasteiger partial charge in [0.15, 0.2) is 5.82 Å². The molecule has 4 rings (SSSR count).